The van der Waals surface area contributed by atoms with Crippen molar-refractivity contribution in [3.63, 3.8) is 0 Å². The Labute approximate surface area is 126 Å². The van der Waals surface area contributed by atoms with Crippen molar-refractivity contribution in [1.29, 1.82) is 0 Å². The Morgan fingerprint density at radius 2 is 1.90 bits per heavy atom. The third kappa shape index (κ3) is 2.85. The Bertz CT molecular complexity index is 624. The molecule has 110 valence electrons. The maximum absolute atomic E-state index is 12.7. The van der Waals surface area contributed by atoms with Gasteiger partial charge in [-0.25, -0.2) is 0 Å². The number of rotatable bonds is 5. The Morgan fingerprint density at radius 3 is 2.43 bits per heavy atom. The quantitative estimate of drug-likeness (QED) is 0.840. The molecule has 1 aliphatic rings. The van der Waals surface area contributed by atoms with Gasteiger partial charge in [-0.1, -0.05) is 30.3 Å². The first-order chi connectivity index (χ1) is 9.97. The van der Waals surface area contributed by atoms with Crippen LogP contribution in [-0.4, -0.2) is 46.3 Å². The Kier molecular flexibility index (Phi) is 4.47. The molecular formula is C15H15NO4S. The molecule has 1 aliphatic heterocycles. The molecule has 0 aromatic heterocycles. The lowest BCUT2D eigenvalue weighted by molar-refractivity contribution is -0.137. The molecule has 1 N–H and O–H groups in total. The highest BCUT2D eigenvalue weighted by Crippen LogP contribution is 2.34. The maximum Gasteiger partial charge on any atom is 0.308 e. The van der Waals surface area contributed by atoms with Crippen LogP contribution in [0, 0.1) is 0 Å². The molecule has 0 aliphatic carbocycles. The number of carboxylic acids is 1. The second-order valence-electron chi connectivity index (χ2n) is 4.66. The molecule has 6 heteroatoms. The molecule has 0 fully saturated rings. The zero-order chi connectivity index (χ0) is 15.6. The van der Waals surface area contributed by atoms with E-state index in [9.17, 15) is 14.4 Å². The van der Waals surface area contributed by atoms with Gasteiger partial charge in [0.2, 0.25) is 0 Å². The largest absolute Gasteiger partial charge is 0.481 e. The average Bonchev–Trinajstić information content (AvgIpc) is 2.71. The van der Waals surface area contributed by atoms with Crippen molar-refractivity contribution >= 4 is 29.4 Å². The van der Waals surface area contributed by atoms with Crippen LogP contribution in [0.25, 0.3) is 0 Å². The monoisotopic (exact) mass is 305 g/mol. The molecule has 0 saturated heterocycles. The maximum atomic E-state index is 12.7. The number of thioether (sulfide) groups is 1. The fraction of sp³-hybridized carbons (Fsp3) is 0.267. The number of aliphatic carboxylic acids is 1. The second kappa shape index (κ2) is 6.13. The Morgan fingerprint density at radius 1 is 1.29 bits per heavy atom. The molecule has 0 bridgehead atoms. The number of benzene rings is 1. The van der Waals surface area contributed by atoms with Gasteiger partial charge in [-0.2, -0.15) is 0 Å². The third-order valence-corrected chi connectivity index (χ3v) is 4.33. The number of carbonyl (C=O) groups excluding carboxylic acids is 2. The molecule has 1 unspecified atom stereocenters. The second-order valence-corrected chi connectivity index (χ2v) is 5.58. The lowest BCUT2D eigenvalue weighted by Gasteiger charge is -2.20. The van der Waals surface area contributed by atoms with Crippen molar-refractivity contribution in [2.45, 2.75) is 11.8 Å². The van der Waals surface area contributed by atoms with Gasteiger partial charge in [0.25, 0.3) is 5.91 Å². The first-order valence-electron chi connectivity index (χ1n) is 6.32. The number of carbonyl (C=O) groups is 3. The number of carboxylic acid groups (broad SMARTS) is 1. The highest BCUT2D eigenvalue weighted by molar-refractivity contribution is 7.99. The molecule has 0 radical (unpaired) electrons. The highest BCUT2D eigenvalue weighted by Gasteiger charge is 2.40. The van der Waals surface area contributed by atoms with Crippen LogP contribution < -0.4 is 0 Å². The summed E-state index contributed by atoms with van der Waals surface area (Å²) >= 11 is 1.34. The van der Waals surface area contributed by atoms with Crippen molar-refractivity contribution in [3.05, 3.63) is 47.0 Å². The van der Waals surface area contributed by atoms with Gasteiger partial charge in [-0.3, -0.25) is 14.4 Å². The molecule has 1 aromatic rings. The molecule has 21 heavy (non-hydrogen) atoms. The minimum Gasteiger partial charge on any atom is -0.481 e. The molecule has 0 spiro atoms. The zero-order valence-corrected chi connectivity index (χ0v) is 12.5. The summed E-state index contributed by atoms with van der Waals surface area (Å²) in [6.07, 6.45) is 1.35. The summed E-state index contributed by atoms with van der Waals surface area (Å²) < 4.78 is 0. The lowest BCUT2D eigenvalue weighted by Crippen LogP contribution is -2.30. The Hall–Kier alpha value is -2.08. The smallest absolute Gasteiger partial charge is 0.308 e. The predicted molar refractivity (Wildman–Crippen MR) is 80.1 cm³/mol. The number of hydrogen-bond donors (Lipinski definition) is 1. The van der Waals surface area contributed by atoms with E-state index in [0.717, 1.165) is 0 Å². The number of ketones is 1. The standard InChI is InChI=1S/C15H15NO4S/c1-16-14(20)10(8-11(17)18)12(15(16)21-2)13(19)9-6-4-3-5-7-9/h3-7,15H,8H2,1-2H3,(H,17,18). The van der Waals surface area contributed by atoms with E-state index >= 15 is 0 Å². The summed E-state index contributed by atoms with van der Waals surface area (Å²) in [5.41, 5.74) is 0.819. The number of amides is 1. The summed E-state index contributed by atoms with van der Waals surface area (Å²) in [7, 11) is 1.58. The molecule has 1 atom stereocenters. The van der Waals surface area contributed by atoms with Gasteiger partial charge in [0.15, 0.2) is 5.78 Å². The summed E-state index contributed by atoms with van der Waals surface area (Å²) in [6.45, 7) is 0. The third-order valence-electron chi connectivity index (χ3n) is 3.33. The van der Waals surface area contributed by atoms with Crippen LogP contribution in [0.2, 0.25) is 0 Å². The lowest BCUT2D eigenvalue weighted by atomic mass is 9.98. The van der Waals surface area contributed by atoms with E-state index < -0.39 is 23.7 Å². The first-order valence-corrected chi connectivity index (χ1v) is 7.60. The molecule has 0 saturated carbocycles. The van der Waals surface area contributed by atoms with Gasteiger partial charge in [-0.15, -0.1) is 11.8 Å². The molecule has 1 heterocycles. The van der Waals surface area contributed by atoms with E-state index in [1.807, 2.05) is 0 Å². The molecule has 2 rings (SSSR count). The van der Waals surface area contributed by atoms with Crippen LogP contribution in [0.4, 0.5) is 0 Å². The van der Waals surface area contributed by atoms with Crippen molar-refractivity contribution in [2.75, 3.05) is 13.3 Å². The van der Waals surface area contributed by atoms with Crippen molar-refractivity contribution < 1.29 is 19.5 Å². The van der Waals surface area contributed by atoms with Crippen LogP contribution in [-0.2, 0) is 9.59 Å². The van der Waals surface area contributed by atoms with Gasteiger partial charge in [0.05, 0.1) is 6.42 Å². The normalized spacial score (nSPS) is 18.3. The number of nitrogens with zero attached hydrogens (tertiary/aromatic N) is 1. The van der Waals surface area contributed by atoms with Crippen molar-refractivity contribution in [3.8, 4) is 0 Å². The van der Waals surface area contributed by atoms with Crippen LogP contribution in [0.15, 0.2) is 41.5 Å². The van der Waals surface area contributed by atoms with Crippen molar-refractivity contribution in [1.82, 2.24) is 4.90 Å². The highest BCUT2D eigenvalue weighted by atomic mass is 32.2. The van der Waals surface area contributed by atoms with Crippen molar-refractivity contribution in [2.24, 2.45) is 0 Å². The minimum atomic E-state index is -1.12. The summed E-state index contributed by atoms with van der Waals surface area (Å²) in [5, 5.41) is 8.54. The van der Waals surface area contributed by atoms with Crippen LogP contribution in [0.1, 0.15) is 16.8 Å². The molecular weight excluding hydrogens is 290 g/mol. The van der Waals surface area contributed by atoms with Gasteiger partial charge in [0, 0.05) is 23.8 Å². The van der Waals surface area contributed by atoms with Crippen LogP contribution in [0.3, 0.4) is 0 Å². The summed E-state index contributed by atoms with van der Waals surface area (Å²) in [6, 6.07) is 8.58. The van der Waals surface area contributed by atoms with E-state index in [1.165, 1.54) is 16.7 Å². The number of likely N-dealkylation sites (N-methyl/N-ethyl adjacent to an activating group) is 1. The van der Waals surface area contributed by atoms with E-state index in [0.29, 0.717) is 5.56 Å². The summed E-state index contributed by atoms with van der Waals surface area (Å²) in [4.78, 5) is 37.3. The van der Waals surface area contributed by atoms with E-state index in [1.54, 1.807) is 43.6 Å². The van der Waals surface area contributed by atoms with Gasteiger partial charge >= 0.3 is 5.97 Å². The number of Topliss-reactive ketones (excluding diaryl/α,β-unsaturated/α-hetero) is 1. The van der Waals surface area contributed by atoms with E-state index in [-0.39, 0.29) is 16.9 Å². The molecule has 1 amide bonds. The van der Waals surface area contributed by atoms with E-state index in [4.69, 9.17) is 5.11 Å². The van der Waals surface area contributed by atoms with Crippen LogP contribution >= 0.6 is 11.8 Å². The zero-order valence-electron chi connectivity index (χ0n) is 11.7. The Balaban J connectivity index is 2.52. The average molecular weight is 305 g/mol. The van der Waals surface area contributed by atoms with E-state index in [2.05, 4.69) is 0 Å². The SMILES string of the molecule is CSC1C(C(=O)c2ccccc2)=C(CC(=O)O)C(=O)N1C. The number of hydrogen-bond acceptors (Lipinski definition) is 4. The fourth-order valence-corrected chi connectivity index (χ4v) is 3.27. The predicted octanol–water partition coefficient (Wildman–Crippen LogP) is 1.80. The minimum absolute atomic E-state index is 0.0817. The molecule has 5 nitrogen and oxygen atoms in total. The topological polar surface area (TPSA) is 74.7 Å². The van der Waals surface area contributed by atoms with Gasteiger partial charge in [0.1, 0.15) is 5.37 Å². The first kappa shape index (κ1) is 15.3. The van der Waals surface area contributed by atoms with Gasteiger partial charge < -0.3 is 10.0 Å². The van der Waals surface area contributed by atoms with Crippen LogP contribution in [0.5, 0.6) is 0 Å². The summed E-state index contributed by atoms with van der Waals surface area (Å²) in [5.74, 6) is -1.80. The molecule has 1 aromatic carbocycles. The van der Waals surface area contributed by atoms with Gasteiger partial charge in [-0.05, 0) is 6.26 Å². The fourth-order valence-electron chi connectivity index (χ4n) is 2.37.